The summed E-state index contributed by atoms with van der Waals surface area (Å²) in [5, 5.41) is 8.74. The van der Waals surface area contributed by atoms with Gasteiger partial charge >= 0.3 is 12.6 Å². The fraction of sp³-hybridized carbons (Fsp3) is 0.214. The molecule has 8 heteroatoms. The van der Waals surface area contributed by atoms with Gasteiger partial charge in [0.05, 0.1) is 0 Å². The summed E-state index contributed by atoms with van der Waals surface area (Å²) in [5.41, 5.74) is 4.74. The topological polar surface area (TPSA) is 102 Å². The first-order valence-corrected chi connectivity index (χ1v) is 5.97. The Morgan fingerprint density at radius 3 is 2.55 bits per heavy atom. The predicted octanol–water partition coefficient (Wildman–Crippen LogP) is 1.77. The van der Waals surface area contributed by atoms with Crippen LogP contribution in [0, 0.1) is 11.3 Å². The molecule has 6 nitrogen and oxygen atoms in total. The first kappa shape index (κ1) is 17.1. The van der Waals surface area contributed by atoms with Gasteiger partial charge in [-0.3, -0.25) is 4.79 Å². The quantitative estimate of drug-likeness (QED) is 0.488. The van der Waals surface area contributed by atoms with E-state index in [9.17, 15) is 18.4 Å². The predicted molar refractivity (Wildman–Crippen MR) is 70.9 cm³/mol. The van der Waals surface area contributed by atoms with E-state index in [2.05, 4.69) is 4.74 Å². The van der Waals surface area contributed by atoms with Crippen molar-refractivity contribution in [2.45, 2.75) is 13.5 Å². The molecule has 0 bridgehead atoms. The normalized spacial score (nSPS) is 11.4. The molecule has 22 heavy (non-hydrogen) atoms. The number of hydrogen-bond acceptors (Lipinski definition) is 6. The van der Waals surface area contributed by atoms with Gasteiger partial charge in [0, 0.05) is 5.70 Å². The highest BCUT2D eigenvalue weighted by Crippen LogP contribution is 2.21. The molecule has 116 valence electrons. The molecular weight excluding hydrogens is 298 g/mol. The number of alkyl halides is 2. The van der Waals surface area contributed by atoms with Crippen molar-refractivity contribution < 1.29 is 27.8 Å². The second-order valence-corrected chi connectivity index (χ2v) is 4.04. The molecule has 1 aromatic rings. The van der Waals surface area contributed by atoms with Crippen LogP contribution < -0.4 is 10.5 Å². The number of benzene rings is 1. The number of esters is 1. The Bertz CT molecular complexity index is 646. The van der Waals surface area contributed by atoms with Crippen molar-refractivity contribution in [1.29, 1.82) is 5.26 Å². The van der Waals surface area contributed by atoms with Crippen LogP contribution >= 0.6 is 0 Å². The maximum Gasteiger partial charge on any atom is 0.387 e. The first-order valence-electron chi connectivity index (χ1n) is 5.97. The summed E-state index contributed by atoms with van der Waals surface area (Å²) >= 11 is 0. The maximum absolute atomic E-state index is 12.2. The molecule has 0 aliphatic rings. The Hall–Kier alpha value is -2.95. The zero-order valence-corrected chi connectivity index (χ0v) is 11.5. The Morgan fingerprint density at radius 1 is 1.36 bits per heavy atom. The molecule has 0 aliphatic heterocycles. The van der Waals surface area contributed by atoms with Crippen LogP contribution in [0.4, 0.5) is 8.78 Å². The van der Waals surface area contributed by atoms with E-state index in [1.165, 1.54) is 25.1 Å². The molecule has 0 spiro atoms. The molecule has 0 unspecified atom stereocenters. The molecule has 0 fully saturated rings. The largest absolute Gasteiger partial charge is 0.454 e. The number of carbonyl (C=O) groups excluding carboxylic acids is 2. The molecule has 1 aromatic carbocycles. The summed E-state index contributed by atoms with van der Waals surface area (Å²) in [5.74, 6) is -2.19. The van der Waals surface area contributed by atoms with Crippen LogP contribution in [0.2, 0.25) is 0 Å². The smallest absolute Gasteiger partial charge is 0.387 e. The number of Topliss-reactive ketones (excluding diaryl/α,β-unsaturated/α-hetero) is 1. The number of hydrogen-bond donors (Lipinski definition) is 1. The van der Waals surface area contributed by atoms with Gasteiger partial charge in [-0.05, 0) is 19.1 Å². The number of nitrogens with two attached hydrogens (primary N) is 1. The fourth-order valence-corrected chi connectivity index (χ4v) is 1.49. The van der Waals surface area contributed by atoms with Crippen LogP contribution in [0.1, 0.15) is 17.3 Å². The monoisotopic (exact) mass is 310 g/mol. The minimum Gasteiger partial charge on any atom is -0.454 e. The molecule has 0 amide bonds. The highest BCUT2D eigenvalue weighted by molar-refractivity contribution is 6.02. The number of allylic oxidation sites excluding steroid dienone is 1. The van der Waals surface area contributed by atoms with Crippen molar-refractivity contribution in [2.75, 3.05) is 6.61 Å². The number of nitriles is 1. The highest BCUT2D eigenvalue weighted by atomic mass is 19.3. The molecule has 0 aliphatic carbocycles. The van der Waals surface area contributed by atoms with E-state index in [0.29, 0.717) is 0 Å². The summed E-state index contributed by atoms with van der Waals surface area (Å²) in [6, 6.07) is 6.78. The van der Waals surface area contributed by atoms with Gasteiger partial charge in [0.1, 0.15) is 23.0 Å². The van der Waals surface area contributed by atoms with Crippen molar-refractivity contribution in [2.24, 2.45) is 5.73 Å². The van der Waals surface area contributed by atoms with Crippen molar-refractivity contribution in [3.63, 3.8) is 0 Å². The van der Waals surface area contributed by atoms with E-state index in [4.69, 9.17) is 15.7 Å². The number of ketones is 1. The highest BCUT2D eigenvalue weighted by Gasteiger charge is 2.19. The van der Waals surface area contributed by atoms with Crippen LogP contribution in [-0.4, -0.2) is 25.0 Å². The lowest BCUT2D eigenvalue weighted by molar-refractivity contribution is -0.118. The zero-order valence-electron chi connectivity index (χ0n) is 11.5. The van der Waals surface area contributed by atoms with E-state index in [-0.39, 0.29) is 22.6 Å². The van der Waals surface area contributed by atoms with Gasteiger partial charge in [0.15, 0.2) is 6.61 Å². The molecule has 2 N–H and O–H groups in total. The minimum atomic E-state index is -3.11. The minimum absolute atomic E-state index is 0.00928. The SMILES string of the molecule is C/C(N)=C(/C#N)C(=O)COC(=O)c1ccccc1OC(F)F. The van der Waals surface area contributed by atoms with Gasteiger partial charge in [-0.2, -0.15) is 14.0 Å². The molecule has 0 radical (unpaired) electrons. The standard InChI is InChI=1S/C14H12F2N2O4/c1-8(18)10(6-17)11(19)7-21-13(20)9-4-2-3-5-12(9)22-14(15)16/h2-5,14H,7,18H2,1H3/b10-8+. The second-order valence-electron chi connectivity index (χ2n) is 4.04. The van der Waals surface area contributed by atoms with Crippen LogP contribution in [-0.2, 0) is 9.53 Å². The lowest BCUT2D eigenvalue weighted by Gasteiger charge is -2.10. The molecule has 0 aromatic heterocycles. The summed E-state index contributed by atoms with van der Waals surface area (Å²) in [6.07, 6.45) is 0. The summed E-state index contributed by atoms with van der Waals surface area (Å²) in [7, 11) is 0. The van der Waals surface area contributed by atoms with E-state index >= 15 is 0 Å². The second kappa shape index (κ2) is 7.73. The van der Waals surface area contributed by atoms with Crippen molar-refractivity contribution in [1.82, 2.24) is 0 Å². The van der Waals surface area contributed by atoms with E-state index in [1.54, 1.807) is 6.07 Å². The van der Waals surface area contributed by atoms with Gasteiger partial charge in [0.2, 0.25) is 5.78 Å². The van der Waals surface area contributed by atoms with Crippen molar-refractivity contribution >= 4 is 11.8 Å². The molecule has 1 rings (SSSR count). The average molecular weight is 310 g/mol. The lowest BCUT2D eigenvalue weighted by atomic mass is 10.1. The van der Waals surface area contributed by atoms with Gasteiger partial charge in [-0.1, -0.05) is 12.1 Å². The Morgan fingerprint density at radius 2 is 2.00 bits per heavy atom. The van der Waals surface area contributed by atoms with E-state index in [0.717, 1.165) is 6.07 Å². The number of carbonyl (C=O) groups is 2. The Balaban J connectivity index is 2.81. The number of nitrogens with zero attached hydrogens (tertiary/aromatic N) is 1. The Labute approximate surface area is 124 Å². The molecule has 0 atom stereocenters. The number of para-hydroxylation sites is 1. The number of halogens is 2. The molecule has 0 saturated heterocycles. The third kappa shape index (κ3) is 4.56. The summed E-state index contributed by atoms with van der Waals surface area (Å²) in [6.45, 7) is -2.49. The molecule has 0 saturated carbocycles. The Kier molecular flexibility index (Phi) is 6.01. The van der Waals surface area contributed by atoms with E-state index in [1.807, 2.05) is 0 Å². The van der Waals surface area contributed by atoms with Gasteiger partial charge < -0.3 is 15.2 Å². The van der Waals surface area contributed by atoms with E-state index < -0.39 is 25.0 Å². The fourth-order valence-electron chi connectivity index (χ4n) is 1.49. The van der Waals surface area contributed by atoms with Gasteiger partial charge in [-0.25, -0.2) is 4.79 Å². The number of rotatable bonds is 6. The van der Waals surface area contributed by atoms with Crippen LogP contribution in [0.25, 0.3) is 0 Å². The first-order chi connectivity index (χ1) is 10.4. The number of ether oxygens (including phenoxy) is 2. The maximum atomic E-state index is 12.2. The van der Waals surface area contributed by atoms with Crippen LogP contribution in [0.15, 0.2) is 35.5 Å². The zero-order chi connectivity index (χ0) is 16.7. The summed E-state index contributed by atoms with van der Waals surface area (Å²) < 4.78 is 33.3. The molecule has 0 heterocycles. The lowest BCUT2D eigenvalue weighted by Crippen LogP contribution is -2.18. The third-order valence-electron chi connectivity index (χ3n) is 2.44. The van der Waals surface area contributed by atoms with Crippen molar-refractivity contribution in [3.8, 4) is 11.8 Å². The van der Waals surface area contributed by atoms with Crippen LogP contribution in [0.3, 0.4) is 0 Å². The van der Waals surface area contributed by atoms with Crippen LogP contribution in [0.5, 0.6) is 5.75 Å². The average Bonchev–Trinajstić information content (AvgIpc) is 2.45. The van der Waals surface area contributed by atoms with Gasteiger partial charge in [-0.15, -0.1) is 0 Å². The third-order valence-corrected chi connectivity index (χ3v) is 2.44. The molecular formula is C14H12F2N2O4. The van der Waals surface area contributed by atoms with Gasteiger partial charge in [0.25, 0.3) is 0 Å². The van der Waals surface area contributed by atoms with Crippen molar-refractivity contribution in [3.05, 3.63) is 41.1 Å². The summed E-state index contributed by atoms with van der Waals surface area (Å²) in [4.78, 5) is 23.4.